The van der Waals surface area contributed by atoms with Crippen molar-refractivity contribution in [3.63, 3.8) is 0 Å². The van der Waals surface area contributed by atoms with Crippen molar-refractivity contribution in [2.45, 2.75) is 19.4 Å². The van der Waals surface area contributed by atoms with Crippen molar-refractivity contribution in [3.8, 4) is 0 Å². The molecule has 5 heteroatoms. The Morgan fingerprint density at radius 3 is 1.73 bits per heavy atom. The summed E-state index contributed by atoms with van der Waals surface area (Å²) >= 11 is 0. The van der Waals surface area contributed by atoms with Crippen molar-refractivity contribution in [2.75, 3.05) is 47.4 Å². The van der Waals surface area contributed by atoms with E-state index in [4.69, 9.17) is 8.85 Å². The highest BCUT2D eigenvalue weighted by Crippen LogP contribution is 2.06. The average Bonchev–Trinajstić information content (AvgIpc) is 2.21. The summed E-state index contributed by atoms with van der Waals surface area (Å²) in [6.45, 7) is 8.97. The Labute approximate surface area is 95.8 Å². The zero-order chi connectivity index (χ0) is 11.7. The van der Waals surface area contributed by atoms with E-state index in [0.29, 0.717) is 5.54 Å². The van der Waals surface area contributed by atoms with E-state index in [0.717, 1.165) is 13.1 Å². The number of hydrogen-bond donors (Lipinski definition) is 1. The smallest absolute Gasteiger partial charge is 0.323 e. The predicted molar refractivity (Wildman–Crippen MR) is 66.6 cm³/mol. The number of likely N-dealkylation sites (N-methyl/N-ethyl adjacent to an activating group) is 1. The largest absolute Gasteiger partial charge is 0.400 e. The van der Waals surface area contributed by atoms with Crippen LogP contribution < -0.4 is 5.32 Å². The third kappa shape index (κ3) is 7.93. The Morgan fingerprint density at radius 1 is 1.13 bits per heavy atom. The number of rotatable bonds is 3. The number of hydrogen-bond acceptors (Lipinski definition) is 4. The summed E-state index contributed by atoms with van der Waals surface area (Å²) in [4.78, 5) is 2.33. The predicted octanol–water partition coefficient (Wildman–Crippen LogP) is 0.431. The Morgan fingerprint density at radius 2 is 1.60 bits per heavy atom. The molecule has 1 N–H and O–H groups in total. The first kappa shape index (κ1) is 15.1. The van der Waals surface area contributed by atoms with Gasteiger partial charge < -0.3 is 19.1 Å². The highest BCUT2D eigenvalue weighted by atomic mass is 28.3. The minimum atomic E-state index is -1.27. The van der Waals surface area contributed by atoms with Crippen molar-refractivity contribution in [1.82, 2.24) is 10.2 Å². The molecule has 1 rings (SSSR count). The number of nitrogens with zero attached hydrogens (tertiary/aromatic N) is 1. The fraction of sp³-hybridized carbons (Fsp3) is 1.00. The van der Waals surface area contributed by atoms with Gasteiger partial charge in [-0.2, -0.15) is 0 Å². The van der Waals surface area contributed by atoms with Crippen LogP contribution in [0.2, 0.25) is 5.54 Å². The molecular formula is C10H26N2O2Si. The molecule has 0 aromatic rings. The Hall–Kier alpha value is 0.0569. The van der Waals surface area contributed by atoms with Crippen LogP contribution in [-0.4, -0.2) is 61.6 Å². The molecule has 1 heterocycles. The summed E-state index contributed by atoms with van der Waals surface area (Å²) in [7, 11) is 4.31. The van der Waals surface area contributed by atoms with Crippen LogP contribution in [0.25, 0.3) is 0 Å². The SMILES string of the molecule is CN1CCNCC1.CO[SiH](OC)C(C)C. The summed E-state index contributed by atoms with van der Waals surface area (Å²) in [5.41, 5.74) is 0.574. The van der Waals surface area contributed by atoms with E-state index in [9.17, 15) is 0 Å². The fourth-order valence-corrected chi connectivity index (χ4v) is 2.70. The van der Waals surface area contributed by atoms with Crippen LogP contribution in [0.3, 0.4) is 0 Å². The normalized spacial score (nSPS) is 17.8. The molecule has 0 radical (unpaired) electrons. The van der Waals surface area contributed by atoms with Gasteiger partial charge in [-0.25, -0.2) is 0 Å². The Kier molecular flexibility index (Phi) is 9.33. The molecule has 0 spiro atoms. The second-order valence-electron chi connectivity index (χ2n) is 4.14. The van der Waals surface area contributed by atoms with Crippen molar-refractivity contribution in [3.05, 3.63) is 0 Å². The molecule has 0 amide bonds. The molecule has 0 saturated carbocycles. The second-order valence-corrected chi connectivity index (χ2v) is 7.15. The van der Waals surface area contributed by atoms with Crippen LogP contribution in [0.15, 0.2) is 0 Å². The quantitative estimate of drug-likeness (QED) is 0.718. The summed E-state index contributed by atoms with van der Waals surface area (Å²) in [5.74, 6) is 0. The first-order valence-corrected chi connectivity index (χ1v) is 7.17. The molecule has 1 saturated heterocycles. The van der Waals surface area contributed by atoms with Crippen LogP contribution in [-0.2, 0) is 8.85 Å². The van der Waals surface area contributed by atoms with Crippen molar-refractivity contribution >= 4 is 9.28 Å². The lowest BCUT2D eigenvalue weighted by atomic mass is 10.4. The van der Waals surface area contributed by atoms with Crippen LogP contribution >= 0.6 is 0 Å². The summed E-state index contributed by atoms with van der Waals surface area (Å²) in [6, 6.07) is 0. The van der Waals surface area contributed by atoms with Crippen molar-refractivity contribution in [2.24, 2.45) is 0 Å². The van der Waals surface area contributed by atoms with Crippen molar-refractivity contribution < 1.29 is 8.85 Å². The van der Waals surface area contributed by atoms with Gasteiger partial charge >= 0.3 is 9.28 Å². The van der Waals surface area contributed by atoms with E-state index in [2.05, 4.69) is 31.1 Å². The Balaban J connectivity index is 0.000000262. The standard InChI is InChI=1S/C5H12N2.C5H14O2Si/c1-7-4-2-6-3-5-7;1-5(2)8(6-3)7-4/h6H,2-5H2,1H3;5,8H,1-4H3. The summed E-state index contributed by atoms with van der Waals surface area (Å²) in [6.07, 6.45) is 0. The van der Waals surface area contributed by atoms with E-state index < -0.39 is 9.28 Å². The maximum Gasteiger partial charge on any atom is 0.323 e. The molecule has 1 aliphatic rings. The van der Waals surface area contributed by atoms with Gasteiger partial charge in [0.2, 0.25) is 0 Å². The first-order valence-electron chi connectivity index (χ1n) is 5.56. The van der Waals surface area contributed by atoms with Crippen molar-refractivity contribution in [1.29, 1.82) is 0 Å². The van der Waals surface area contributed by atoms with E-state index in [1.165, 1.54) is 13.1 Å². The molecule has 0 atom stereocenters. The van der Waals surface area contributed by atoms with E-state index in [1.807, 2.05) is 0 Å². The van der Waals surface area contributed by atoms with E-state index >= 15 is 0 Å². The highest BCUT2D eigenvalue weighted by molar-refractivity contribution is 6.45. The summed E-state index contributed by atoms with van der Waals surface area (Å²) < 4.78 is 10.2. The minimum Gasteiger partial charge on any atom is -0.400 e. The molecule has 15 heavy (non-hydrogen) atoms. The third-order valence-corrected chi connectivity index (χ3v) is 4.37. The van der Waals surface area contributed by atoms with Crippen LogP contribution in [0, 0.1) is 0 Å². The average molecular weight is 234 g/mol. The molecule has 0 aromatic carbocycles. The van der Waals surface area contributed by atoms with Gasteiger partial charge in [0, 0.05) is 40.4 Å². The topological polar surface area (TPSA) is 33.7 Å². The molecule has 1 fully saturated rings. The molecule has 92 valence electrons. The second kappa shape index (κ2) is 9.29. The first-order chi connectivity index (χ1) is 7.11. The minimum absolute atomic E-state index is 0.574. The van der Waals surface area contributed by atoms with Gasteiger partial charge in [-0.15, -0.1) is 0 Å². The summed E-state index contributed by atoms with van der Waals surface area (Å²) in [5, 5.41) is 3.27. The molecule has 1 aliphatic heterocycles. The van der Waals surface area contributed by atoms with Gasteiger partial charge in [-0.3, -0.25) is 0 Å². The maximum absolute atomic E-state index is 5.08. The van der Waals surface area contributed by atoms with Crippen LogP contribution in [0.4, 0.5) is 0 Å². The lowest BCUT2D eigenvalue weighted by Gasteiger charge is -2.21. The maximum atomic E-state index is 5.08. The molecule has 0 aliphatic carbocycles. The van der Waals surface area contributed by atoms with Gasteiger partial charge in [0.1, 0.15) is 0 Å². The molecule has 0 unspecified atom stereocenters. The lowest BCUT2D eigenvalue weighted by Crippen LogP contribution is -2.40. The molecule has 4 nitrogen and oxygen atoms in total. The van der Waals surface area contributed by atoms with Gasteiger partial charge in [-0.1, -0.05) is 13.8 Å². The zero-order valence-electron chi connectivity index (χ0n) is 10.7. The number of piperazine rings is 1. The van der Waals surface area contributed by atoms with Gasteiger partial charge in [0.25, 0.3) is 0 Å². The van der Waals surface area contributed by atoms with Gasteiger partial charge in [0.15, 0.2) is 0 Å². The molecule has 0 bridgehead atoms. The molecular weight excluding hydrogens is 208 g/mol. The van der Waals surface area contributed by atoms with Crippen LogP contribution in [0.1, 0.15) is 13.8 Å². The zero-order valence-corrected chi connectivity index (χ0v) is 11.9. The number of nitrogens with one attached hydrogen (secondary N) is 1. The van der Waals surface area contributed by atoms with Crippen LogP contribution in [0.5, 0.6) is 0 Å². The lowest BCUT2D eigenvalue weighted by molar-refractivity contribution is 0.269. The van der Waals surface area contributed by atoms with E-state index in [1.54, 1.807) is 14.2 Å². The Bertz CT molecular complexity index is 137. The highest BCUT2D eigenvalue weighted by Gasteiger charge is 2.13. The molecule has 0 aromatic heterocycles. The van der Waals surface area contributed by atoms with Gasteiger partial charge in [-0.05, 0) is 12.6 Å². The van der Waals surface area contributed by atoms with Gasteiger partial charge in [0.05, 0.1) is 0 Å². The van der Waals surface area contributed by atoms with E-state index in [-0.39, 0.29) is 0 Å². The fourth-order valence-electron chi connectivity index (χ4n) is 1.42. The third-order valence-electron chi connectivity index (χ3n) is 2.35. The monoisotopic (exact) mass is 234 g/mol.